The SMILES string of the molecule is C=C(C)C(=O)Oc1c(F)c(F)c(OC(=O)C(=C)C)c(F)c1F. The monoisotopic (exact) mass is 318 g/mol. The largest absolute Gasteiger partial charge is 0.417 e. The van der Waals surface area contributed by atoms with Crippen molar-refractivity contribution < 1.29 is 36.6 Å². The molecule has 0 saturated heterocycles. The van der Waals surface area contributed by atoms with E-state index in [4.69, 9.17) is 0 Å². The molecular weight excluding hydrogens is 308 g/mol. The zero-order valence-corrected chi connectivity index (χ0v) is 11.6. The van der Waals surface area contributed by atoms with E-state index >= 15 is 0 Å². The van der Waals surface area contributed by atoms with E-state index in [9.17, 15) is 27.2 Å². The fourth-order valence-corrected chi connectivity index (χ4v) is 1.13. The lowest BCUT2D eigenvalue weighted by Crippen LogP contribution is -2.16. The van der Waals surface area contributed by atoms with E-state index in [1.807, 2.05) is 0 Å². The second-order valence-electron chi connectivity index (χ2n) is 4.25. The summed E-state index contributed by atoms with van der Waals surface area (Å²) in [7, 11) is 0. The third kappa shape index (κ3) is 3.33. The molecule has 8 heteroatoms. The van der Waals surface area contributed by atoms with Crippen LogP contribution in [0.1, 0.15) is 13.8 Å². The van der Waals surface area contributed by atoms with E-state index < -0.39 is 46.7 Å². The fraction of sp³-hybridized carbons (Fsp3) is 0.143. The van der Waals surface area contributed by atoms with Crippen LogP contribution in [0.25, 0.3) is 0 Å². The average molecular weight is 318 g/mol. The number of carbonyl (C=O) groups excluding carboxylic acids is 2. The number of ether oxygens (including phenoxy) is 2. The fourth-order valence-electron chi connectivity index (χ4n) is 1.13. The number of esters is 2. The van der Waals surface area contributed by atoms with Gasteiger partial charge in [-0.1, -0.05) is 13.2 Å². The molecule has 118 valence electrons. The van der Waals surface area contributed by atoms with Crippen LogP contribution >= 0.6 is 0 Å². The summed E-state index contributed by atoms with van der Waals surface area (Å²) in [5, 5.41) is 0. The Hall–Kier alpha value is -2.64. The first-order valence-corrected chi connectivity index (χ1v) is 5.69. The minimum absolute atomic E-state index is 0.252. The van der Waals surface area contributed by atoms with E-state index in [0.29, 0.717) is 0 Å². The van der Waals surface area contributed by atoms with E-state index in [1.54, 1.807) is 0 Å². The van der Waals surface area contributed by atoms with Gasteiger partial charge in [-0.3, -0.25) is 0 Å². The number of rotatable bonds is 4. The smallest absolute Gasteiger partial charge is 0.338 e. The first kappa shape index (κ1) is 17.4. The van der Waals surface area contributed by atoms with E-state index in [0.717, 1.165) is 13.8 Å². The summed E-state index contributed by atoms with van der Waals surface area (Å²) >= 11 is 0. The maximum atomic E-state index is 13.7. The van der Waals surface area contributed by atoms with Gasteiger partial charge in [0.05, 0.1) is 0 Å². The van der Waals surface area contributed by atoms with Gasteiger partial charge in [-0.2, -0.15) is 17.6 Å². The van der Waals surface area contributed by atoms with E-state index in [-0.39, 0.29) is 11.1 Å². The maximum Gasteiger partial charge on any atom is 0.338 e. The van der Waals surface area contributed by atoms with Crippen LogP contribution in [0.2, 0.25) is 0 Å². The summed E-state index contributed by atoms with van der Waals surface area (Å²) in [6.07, 6.45) is 0. The molecule has 0 aliphatic heterocycles. The molecule has 0 aliphatic carbocycles. The third-order valence-corrected chi connectivity index (χ3v) is 2.27. The Morgan fingerprint density at radius 3 is 1.14 bits per heavy atom. The molecule has 22 heavy (non-hydrogen) atoms. The zero-order chi connectivity index (χ0) is 17.2. The van der Waals surface area contributed by atoms with Gasteiger partial charge in [-0.25, -0.2) is 9.59 Å². The van der Waals surface area contributed by atoms with E-state index in [2.05, 4.69) is 22.6 Å². The van der Waals surface area contributed by atoms with Crippen molar-refractivity contribution in [3.8, 4) is 11.5 Å². The van der Waals surface area contributed by atoms with Gasteiger partial charge < -0.3 is 9.47 Å². The number of carbonyl (C=O) groups is 2. The quantitative estimate of drug-likeness (QED) is 0.281. The number of hydrogen-bond donors (Lipinski definition) is 0. The molecule has 1 rings (SSSR count). The van der Waals surface area contributed by atoms with E-state index in [1.165, 1.54) is 0 Å². The molecule has 0 amide bonds. The van der Waals surface area contributed by atoms with Crippen molar-refractivity contribution in [2.45, 2.75) is 13.8 Å². The zero-order valence-electron chi connectivity index (χ0n) is 11.6. The van der Waals surface area contributed by atoms with Gasteiger partial charge >= 0.3 is 11.9 Å². The lowest BCUT2D eigenvalue weighted by molar-refractivity contribution is -0.131. The Balaban J connectivity index is 3.38. The standard InChI is InChI=1S/C14H10F4O4/c1-5(2)13(19)21-11-7(15)9(17)12(10(18)8(11)16)22-14(20)6(3)4/h1,3H2,2,4H3. The van der Waals surface area contributed by atoms with Crippen LogP contribution in [0, 0.1) is 23.3 Å². The minimum Gasteiger partial charge on any atom is -0.417 e. The minimum atomic E-state index is -2.03. The Morgan fingerprint density at radius 2 is 0.955 bits per heavy atom. The molecule has 0 heterocycles. The molecule has 0 atom stereocenters. The highest BCUT2D eigenvalue weighted by molar-refractivity contribution is 5.89. The summed E-state index contributed by atoms with van der Waals surface area (Å²) in [6.45, 7) is 8.61. The van der Waals surface area contributed by atoms with Crippen molar-refractivity contribution >= 4 is 11.9 Å². The summed E-state index contributed by atoms with van der Waals surface area (Å²) in [4.78, 5) is 22.4. The summed E-state index contributed by atoms with van der Waals surface area (Å²) < 4.78 is 63.1. The molecule has 0 aromatic heterocycles. The molecule has 0 aliphatic rings. The lowest BCUT2D eigenvalue weighted by Gasteiger charge is -2.12. The van der Waals surface area contributed by atoms with Crippen LogP contribution in [0.3, 0.4) is 0 Å². The van der Waals surface area contributed by atoms with Crippen molar-refractivity contribution in [2.24, 2.45) is 0 Å². The molecule has 0 unspecified atom stereocenters. The maximum absolute atomic E-state index is 13.7. The second kappa shape index (κ2) is 6.42. The van der Waals surface area contributed by atoms with Crippen LogP contribution in [0.5, 0.6) is 11.5 Å². The summed E-state index contributed by atoms with van der Waals surface area (Å²) in [5.41, 5.74) is -0.505. The number of halogens is 4. The summed E-state index contributed by atoms with van der Waals surface area (Å²) in [6, 6.07) is 0. The Labute approximate surface area is 122 Å². The van der Waals surface area contributed by atoms with Gasteiger partial charge in [0.2, 0.25) is 34.8 Å². The average Bonchev–Trinajstić information content (AvgIpc) is 2.45. The first-order chi connectivity index (χ1) is 10.1. The molecule has 0 radical (unpaired) electrons. The molecule has 0 spiro atoms. The molecule has 0 N–H and O–H groups in total. The third-order valence-electron chi connectivity index (χ3n) is 2.27. The van der Waals surface area contributed by atoms with Crippen LogP contribution in [-0.4, -0.2) is 11.9 Å². The van der Waals surface area contributed by atoms with Crippen LogP contribution in [-0.2, 0) is 9.59 Å². The van der Waals surface area contributed by atoms with Gasteiger partial charge in [0.25, 0.3) is 0 Å². The number of benzene rings is 1. The van der Waals surface area contributed by atoms with Crippen LogP contribution < -0.4 is 9.47 Å². The normalized spacial score (nSPS) is 10.1. The Kier molecular flexibility index (Phi) is 5.08. The van der Waals surface area contributed by atoms with Crippen molar-refractivity contribution in [1.82, 2.24) is 0 Å². The highest BCUT2D eigenvalue weighted by Crippen LogP contribution is 2.35. The van der Waals surface area contributed by atoms with Gasteiger partial charge in [-0.05, 0) is 13.8 Å². The van der Waals surface area contributed by atoms with Crippen molar-refractivity contribution in [3.63, 3.8) is 0 Å². The molecule has 4 nitrogen and oxygen atoms in total. The highest BCUT2D eigenvalue weighted by Gasteiger charge is 2.30. The summed E-state index contributed by atoms with van der Waals surface area (Å²) in [5.74, 6) is -13.9. The van der Waals surface area contributed by atoms with Gasteiger partial charge in [0.1, 0.15) is 0 Å². The van der Waals surface area contributed by atoms with Gasteiger partial charge in [0, 0.05) is 11.1 Å². The highest BCUT2D eigenvalue weighted by atomic mass is 19.2. The van der Waals surface area contributed by atoms with Crippen LogP contribution in [0.4, 0.5) is 17.6 Å². The second-order valence-corrected chi connectivity index (χ2v) is 4.25. The predicted octanol–water partition coefficient (Wildman–Crippen LogP) is 3.21. The van der Waals surface area contributed by atoms with Crippen molar-refractivity contribution in [3.05, 3.63) is 47.6 Å². The number of hydrogen-bond acceptors (Lipinski definition) is 4. The van der Waals surface area contributed by atoms with Gasteiger partial charge in [-0.15, -0.1) is 0 Å². The first-order valence-electron chi connectivity index (χ1n) is 5.69. The lowest BCUT2D eigenvalue weighted by atomic mass is 10.2. The molecule has 0 saturated carbocycles. The van der Waals surface area contributed by atoms with Crippen molar-refractivity contribution in [1.29, 1.82) is 0 Å². The topological polar surface area (TPSA) is 52.6 Å². The predicted molar refractivity (Wildman–Crippen MR) is 67.2 cm³/mol. The Bertz CT molecular complexity index is 607. The van der Waals surface area contributed by atoms with Crippen molar-refractivity contribution in [2.75, 3.05) is 0 Å². The molecule has 0 fully saturated rings. The Morgan fingerprint density at radius 1 is 0.727 bits per heavy atom. The van der Waals surface area contributed by atoms with Crippen LogP contribution in [0.15, 0.2) is 24.3 Å². The van der Waals surface area contributed by atoms with Gasteiger partial charge in [0.15, 0.2) is 0 Å². The molecule has 1 aromatic carbocycles. The molecular formula is C14H10F4O4. The molecule has 0 bridgehead atoms. The molecule has 1 aromatic rings.